The first kappa shape index (κ1) is 17.9. The Kier molecular flexibility index (Phi) is 8.53. The van der Waals surface area contributed by atoms with Crippen LogP contribution in [0.15, 0.2) is 47.5 Å². The van der Waals surface area contributed by atoms with Crippen LogP contribution in [0.5, 0.6) is 0 Å². The third-order valence-electron chi connectivity index (χ3n) is 3.22. The van der Waals surface area contributed by atoms with Crippen molar-refractivity contribution in [3.8, 4) is 0 Å². The Morgan fingerprint density at radius 1 is 1.27 bits per heavy atom. The molecule has 118 valence electrons. The zero-order valence-electron chi connectivity index (χ0n) is 13.2. The molecule has 0 spiro atoms. The molecule has 0 fully saturated rings. The van der Waals surface area contributed by atoms with Crippen LogP contribution < -0.4 is 5.32 Å². The van der Waals surface area contributed by atoms with Gasteiger partial charge < -0.3 is 10.4 Å². The van der Waals surface area contributed by atoms with E-state index in [1.54, 1.807) is 6.34 Å². The van der Waals surface area contributed by atoms with E-state index in [1.807, 2.05) is 56.3 Å². The van der Waals surface area contributed by atoms with Gasteiger partial charge in [-0.1, -0.05) is 42.8 Å². The van der Waals surface area contributed by atoms with E-state index < -0.39 is 0 Å². The molecular weight excluding hydrogens is 276 g/mol. The lowest BCUT2D eigenvalue weighted by molar-refractivity contribution is 0.112. The summed E-state index contributed by atoms with van der Waals surface area (Å²) < 4.78 is 0. The molecule has 0 bridgehead atoms. The van der Waals surface area contributed by atoms with Gasteiger partial charge in [-0.2, -0.15) is 0 Å². The molecule has 1 rings (SSSR count). The molecule has 1 atom stereocenters. The highest BCUT2D eigenvalue weighted by atomic mass is 16.3. The van der Waals surface area contributed by atoms with Gasteiger partial charge in [-0.15, -0.1) is 0 Å². The van der Waals surface area contributed by atoms with Crippen LogP contribution in [0, 0.1) is 6.92 Å². The van der Waals surface area contributed by atoms with Crippen molar-refractivity contribution in [2.24, 2.45) is 4.99 Å². The third kappa shape index (κ3) is 6.50. The number of carbonyl (C=O) groups is 1. The highest BCUT2D eigenvalue weighted by Crippen LogP contribution is 2.11. The summed E-state index contributed by atoms with van der Waals surface area (Å²) in [6.45, 7) is 4.09. The number of hydrogen-bond donors (Lipinski definition) is 2. The summed E-state index contributed by atoms with van der Waals surface area (Å²) >= 11 is 0. The van der Waals surface area contributed by atoms with Gasteiger partial charge in [0.05, 0.1) is 12.4 Å². The predicted octanol–water partition coefficient (Wildman–Crippen LogP) is 3.53. The van der Waals surface area contributed by atoms with Crippen molar-refractivity contribution in [1.29, 1.82) is 0 Å². The van der Waals surface area contributed by atoms with E-state index in [9.17, 15) is 4.79 Å². The number of aliphatic imine (C=N–C) groups is 1. The molecule has 0 aliphatic heterocycles. The van der Waals surface area contributed by atoms with Crippen molar-refractivity contribution in [2.45, 2.75) is 32.7 Å². The van der Waals surface area contributed by atoms with Gasteiger partial charge in [-0.05, 0) is 31.9 Å². The molecule has 0 amide bonds. The Hall–Kier alpha value is -2.20. The number of nitrogens with zero attached hydrogens (tertiary/aromatic N) is 1. The lowest BCUT2D eigenvalue weighted by Gasteiger charge is -2.08. The standard InChI is InChI=1S/C18H24N2O2/c1-3-17(10-11-21)19-14-20-18-9-7-5-4-6-8-15(2)12-16(18)13-22/h4-9,12-14,17,21H,3,10-11H2,1-2H3,(H,19,20). The van der Waals surface area contributed by atoms with Gasteiger partial charge in [-0.25, -0.2) is 0 Å². The number of rotatable bonds is 7. The molecule has 0 aliphatic carbocycles. The van der Waals surface area contributed by atoms with Crippen LogP contribution >= 0.6 is 0 Å². The molecule has 0 heterocycles. The molecule has 4 nitrogen and oxygen atoms in total. The average Bonchev–Trinajstić information content (AvgIpc) is 2.53. The maximum absolute atomic E-state index is 11.3. The van der Waals surface area contributed by atoms with E-state index in [4.69, 9.17) is 5.11 Å². The molecule has 1 aromatic rings. The molecule has 0 aliphatic rings. The number of nitrogens with one attached hydrogen (secondary N) is 1. The largest absolute Gasteiger partial charge is 0.396 e. The van der Waals surface area contributed by atoms with Crippen LogP contribution in [0.1, 0.15) is 35.7 Å². The Morgan fingerprint density at radius 3 is 2.64 bits per heavy atom. The number of aryl methyl sites for hydroxylation is 1. The molecule has 22 heavy (non-hydrogen) atoms. The number of aliphatic hydroxyl groups is 1. The molecule has 0 saturated carbocycles. The third-order valence-corrected chi connectivity index (χ3v) is 3.22. The number of aliphatic hydroxyl groups excluding tert-OH is 1. The second kappa shape index (κ2) is 10.5. The topological polar surface area (TPSA) is 61.7 Å². The first-order chi connectivity index (χ1) is 10.7. The summed E-state index contributed by atoms with van der Waals surface area (Å²) in [5.74, 6) is 0. The number of carbonyl (C=O) groups excluding carboxylic acids is 1. The zero-order chi connectivity index (χ0) is 16.2. The summed E-state index contributed by atoms with van der Waals surface area (Å²) in [5, 5.41) is 12.0. The van der Waals surface area contributed by atoms with Gasteiger partial charge in [0.1, 0.15) is 0 Å². The minimum Gasteiger partial charge on any atom is -0.396 e. The van der Waals surface area contributed by atoms with E-state index in [2.05, 4.69) is 10.3 Å². The minimum atomic E-state index is 0.0846. The fourth-order valence-electron chi connectivity index (χ4n) is 1.93. The van der Waals surface area contributed by atoms with Gasteiger partial charge in [0.25, 0.3) is 0 Å². The first-order valence-corrected chi connectivity index (χ1v) is 7.49. The summed E-state index contributed by atoms with van der Waals surface area (Å²) in [7, 11) is 0. The van der Waals surface area contributed by atoms with Crippen LogP contribution in [-0.4, -0.2) is 30.4 Å². The molecule has 0 radical (unpaired) electrons. The van der Waals surface area contributed by atoms with Gasteiger partial charge in [-0.3, -0.25) is 9.79 Å². The molecule has 2 N–H and O–H groups in total. The van der Waals surface area contributed by atoms with Crippen molar-refractivity contribution in [3.63, 3.8) is 0 Å². The quantitative estimate of drug-likeness (QED) is 0.460. The summed E-state index contributed by atoms with van der Waals surface area (Å²) in [6.07, 6.45) is 3.92. The number of aldehydes is 1. The normalized spacial score (nSPS) is 11.8. The van der Waals surface area contributed by atoms with Crippen molar-refractivity contribution in [1.82, 2.24) is 0 Å². The predicted molar refractivity (Wildman–Crippen MR) is 92.1 cm³/mol. The molecule has 1 unspecified atom stereocenters. The van der Waals surface area contributed by atoms with Crippen LogP contribution in [0.2, 0.25) is 0 Å². The maximum atomic E-state index is 11.3. The highest BCUT2D eigenvalue weighted by molar-refractivity contribution is 5.89. The fraction of sp³-hybridized carbons (Fsp3) is 0.333. The fourth-order valence-corrected chi connectivity index (χ4v) is 1.93. The van der Waals surface area contributed by atoms with Gasteiger partial charge >= 0.3 is 0 Å². The average molecular weight is 300 g/mol. The lowest BCUT2D eigenvalue weighted by Crippen LogP contribution is -2.08. The van der Waals surface area contributed by atoms with E-state index in [0.29, 0.717) is 17.7 Å². The van der Waals surface area contributed by atoms with Gasteiger partial charge in [0, 0.05) is 17.9 Å². The molecule has 1 aromatic carbocycles. The van der Waals surface area contributed by atoms with Crippen LogP contribution in [0.25, 0.3) is 0 Å². The van der Waals surface area contributed by atoms with Crippen molar-refractivity contribution in [2.75, 3.05) is 11.9 Å². The van der Waals surface area contributed by atoms with Gasteiger partial charge in [0.2, 0.25) is 0 Å². The Labute approximate surface area is 132 Å². The van der Waals surface area contributed by atoms with Crippen molar-refractivity contribution in [3.05, 3.63) is 53.6 Å². The van der Waals surface area contributed by atoms with Crippen LogP contribution in [0.4, 0.5) is 5.69 Å². The smallest absolute Gasteiger partial charge is 0.152 e. The highest BCUT2D eigenvalue weighted by Gasteiger charge is 2.01. The minimum absolute atomic E-state index is 0.0846. The Bertz CT molecular complexity index is 555. The zero-order valence-corrected chi connectivity index (χ0v) is 13.2. The summed E-state index contributed by atoms with van der Waals surface area (Å²) in [6, 6.07) is 13.3. The second-order valence-electron chi connectivity index (χ2n) is 4.98. The number of hydrogen-bond acceptors (Lipinski definition) is 3. The van der Waals surface area contributed by atoms with E-state index >= 15 is 0 Å². The van der Waals surface area contributed by atoms with Crippen molar-refractivity contribution < 1.29 is 9.90 Å². The van der Waals surface area contributed by atoms with Crippen LogP contribution in [0.3, 0.4) is 0 Å². The van der Waals surface area contributed by atoms with E-state index in [1.165, 1.54) is 0 Å². The first-order valence-electron chi connectivity index (χ1n) is 7.49. The molecule has 0 saturated heterocycles. The Balaban J connectivity index is 3.07. The molecule has 0 aromatic heterocycles. The molecule has 4 heteroatoms. The lowest BCUT2D eigenvalue weighted by atomic mass is 10.2. The summed E-state index contributed by atoms with van der Waals surface area (Å²) in [4.78, 5) is 15.7. The van der Waals surface area contributed by atoms with Crippen molar-refractivity contribution >= 4 is 18.3 Å². The SMILES string of the molecule is CCC(CCO)N=CNc1ccccccc(C)cc1C=O. The van der Waals surface area contributed by atoms with E-state index in [-0.39, 0.29) is 12.6 Å². The van der Waals surface area contributed by atoms with E-state index in [0.717, 1.165) is 18.3 Å². The second-order valence-corrected chi connectivity index (χ2v) is 4.98. The monoisotopic (exact) mass is 300 g/mol. The number of anilines is 1. The van der Waals surface area contributed by atoms with Gasteiger partial charge in [0.15, 0.2) is 6.29 Å². The molecular formula is C18H24N2O2. The van der Waals surface area contributed by atoms with Crippen LogP contribution in [-0.2, 0) is 0 Å². The Morgan fingerprint density at radius 2 is 2.00 bits per heavy atom. The summed E-state index contributed by atoms with van der Waals surface area (Å²) in [5.41, 5.74) is 2.25. The maximum Gasteiger partial charge on any atom is 0.152 e.